The van der Waals surface area contributed by atoms with E-state index in [-0.39, 0.29) is 5.60 Å². The van der Waals surface area contributed by atoms with E-state index >= 15 is 0 Å². The molecule has 0 saturated heterocycles. The van der Waals surface area contributed by atoms with Crippen molar-refractivity contribution >= 4 is 27.5 Å². The summed E-state index contributed by atoms with van der Waals surface area (Å²) in [4.78, 5) is 8.74. The Balaban J connectivity index is 2.35. The van der Waals surface area contributed by atoms with Crippen LogP contribution in [-0.4, -0.2) is 17.1 Å². The van der Waals surface area contributed by atoms with Crippen LogP contribution in [0, 0.1) is 0 Å². The molecule has 1 aliphatic rings. The molecule has 0 unspecified atom stereocenters. The highest BCUT2D eigenvalue weighted by molar-refractivity contribution is 9.10. The van der Waals surface area contributed by atoms with Crippen LogP contribution >= 0.6 is 27.5 Å². The fourth-order valence-corrected chi connectivity index (χ4v) is 2.70. The lowest BCUT2D eigenvalue weighted by Gasteiger charge is -2.29. The Morgan fingerprint density at radius 2 is 1.94 bits per heavy atom. The fraction of sp³-hybridized carbons (Fsp3) is 0.667. The van der Waals surface area contributed by atoms with Crippen molar-refractivity contribution in [1.29, 1.82) is 0 Å². The summed E-state index contributed by atoms with van der Waals surface area (Å²) in [5, 5.41) is 0.454. The summed E-state index contributed by atoms with van der Waals surface area (Å²) in [6, 6.07) is 0. The van der Waals surface area contributed by atoms with Crippen molar-refractivity contribution in [3.63, 3.8) is 0 Å². The van der Waals surface area contributed by atoms with Crippen LogP contribution in [0.5, 0.6) is 0 Å². The predicted octanol–water partition coefficient (Wildman–Crippen LogP) is 4.09. The smallest absolute Gasteiger partial charge is 0.162 e. The van der Waals surface area contributed by atoms with Crippen molar-refractivity contribution < 1.29 is 4.74 Å². The predicted molar refractivity (Wildman–Crippen MR) is 71.1 cm³/mol. The average molecular weight is 320 g/mol. The molecule has 1 aromatic heterocycles. The van der Waals surface area contributed by atoms with E-state index in [1.165, 1.54) is 12.8 Å². The van der Waals surface area contributed by atoms with Gasteiger partial charge in [0.1, 0.15) is 10.8 Å². The van der Waals surface area contributed by atoms with Crippen molar-refractivity contribution in [3.05, 3.63) is 21.6 Å². The molecule has 0 aromatic carbocycles. The van der Waals surface area contributed by atoms with Gasteiger partial charge in [-0.3, -0.25) is 0 Å². The first kappa shape index (κ1) is 13.2. The van der Waals surface area contributed by atoms with E-state index in [9.17, 15) is 0 Å². The molecule has 0 aliphatic heterocycles. The molecule has 1 aromatic rings. The minimum atomic E-state index is -0.346. The van der Waals surface area contributed by atoms with Crippen LogP contribution in [0.2, 0.25) is 5.15 Å². The maximum Gasteiger partial charge on any atom is 0.162 e. The van der Waals surface area contributed by atoms with Gasteiger partial charge in [0, 0.05) is 13.3 Å². The zero-order valence-corrected chi connectivity index (χ0v) is 12.2. The van der Waals surface area contributed by atoms with Gasteiger partial charge in [-0.2, -0.15) is 0 Å². The standard InChI is InChI=1S/C12H16BrClN2O/c1-17-12(6-4-2-3-5-7-12)11-15-8-9(13)10(14)16-11/h8H,2-7H2,1H3. The largest absolute Gasteiger partial charge is 0.370 e. The summed E-state index contributed by atoms with van der Waals surface area (Å²) in [6.45, 7) is 0. The molecule has 1 saturated carbocycles. The highest BCUT2D eigenvalue weighted by Crippen LogP contribution is 2.38. The van der Waals surface area contributed by atoms with Gasteiger partial charge in [-0.1, -0.05) is 37.3 Å². The first-order chi connectivity index (χ1) is 8.18. The molecule has 17 heavy (non-hydrogen) atoms. The Kier molecular flexibility index (Phi) is 4.39. The maximum atomic E-state index is 6.04. The molecule has 1 fully saturated rings. The second-order valence-corrected chi connectivity index (χ2v) is 5.66. The first-order valence-corrected chi connectivity index (χ1v) is 7.09. The lowest BCUT2D eigenvalue weighted by Crippen LogP contribution is -2.30. The van der Waals surface area contributed by atoms with Gasteiger partial charge in [-0.25, -0.2) is 9.97 Å². The molecule has 1 aliphatic carbocycles. The highest BCUT2D eigenvalue weighted by Gasteiger charge is 2.35. The van der Waals surface area contributed by atoms with Gasteiger partial charge in [0.2, 0.25) is 0 Å². The quantitative estimate of drug-likeness (QED) is 0.608. The minimum absolute atomic E-state index is 0.346. The molecule has 0 amide bonds. The van der Waals surface area contributed by atoms with E-state index in [0.29, 0.717) is 5.15 Å². The molecule has 1 heterocycles. The van der Waals surface area contributed by atoms with Gasteiger partial charge >= 0.3 is 0 Å². The topological polar surface area (TPSA) is 35.0 Å². The lowest BCUT2D eigenvalue weighted by molar-refractivity contribution is -0.0351. The number of methoxy groups -OCH3 is 1. The summed E-state index contributed by atoms with van der Waals surface area (Å²) in [7, 11) is 1.74. The van der Waals surface area contributed by atoms with Gasteiger partial charge in [0.05, 0.1) is 4.47 Å². The zero-order chi connectivity index (χ0) is 12.3. The molecule has 0 atom stereocenters. The van der Waals surface area contributed by atoms with Crippen LogP contribution in [0.4, 0.5) is 0 Å². The molecule has 0 radical (unpaired) electrons. The third-order valence-electron chi connectivity index (χ3n) is 3.41. The molecule has 0 spiro atoms. The Labute approximate surface area is 115 Å². The van der Waals surface area contributed by atoms with E-state index in [4.69, 9.17) is 16.3 Å². The van der Waals surface area contributed by atoms with Crippen LogP contribution in [-0.2, 0) is 10.3 Å². The molecular weight excluding hydrogens is 304 g/mol. The Morgan fingerprint density at radius 1 is 1.29 bits per heavy atom. The zero-order valence-electron chi connectivity index (χ0n) is 9.88. The monoisotopic (exact) mass is 318 g/mol. The van der Waals surface area contributed by atoms with E-state index < -0.39 is 0 Å². The average Bonchev–Trinajstić information content (AvgIpc) is 2.59. The summed E-state index contributed by atoms with van der Waals surface area (Å²) in [6.07, 6.45) is 8.49. The molecule has 2 rings (SSSR count). The first-order valence-electron chi connectivity index (χ1n) is 5.92. The van der Waals surface area contributed by atoms with Crippen molar-refractivity contribution in [2.24, 2.45) is 0 Å². The van der Waals surface area contributed by atoms with E-state index in [1.54, 1.807) is 13.3 Å². The van der Waals surface area contributed by atoms with E-state index in [1.807, 2.05) is 0 Å². The molecule has 5 heteroatoms. The molecule has 0 N–H and O–H groups in total. The van der Waals surface area contributed by atoms with Crippen molar-refractivity contribution in [3.8, 4) is 0 Å². The number of hydrogen-bond donors (Lipinski definition) is 0. The number of rotatable bonds is 2. The maximum absolute atomic E-state index is 6.04. The third kappa shape index (κ3) is 2.80. The number of halogens is 2. The number of ether oxygens (including phenoxy) is 1. The molecule has 94 valence electrons. The van der Waals surface area contributed by atoms with Gasteiger partial charge in [0.15, 0.2) is 5.82 Å². The number of nitrogens with zero attached hydrogens (tertiary/aromatic N) is 2. The second-order valence-electron chi connectivity index (χ2n) is 4.44. The number of aromatic nitrogens is 2. The lowest BCUT2D eigenvalue weighted by atomic mass is 9.93. The van der Waals surface area contributed by atoms with E-state index in [2.05, 4.69) is 25.9 Å². The van der Waals surface area contributed by atoms with E-state index in [0.717, 1.165) is 36.0 Å². The van der Waals surface area contributed by atoms with Crippen LogP contribution in [0.15, 0.2) is 10.7 Å². The van der Waals surface area contributed by atoms with Crippen LogP contribution < -0.4 is 0 Å². The molecule has 3 nitrogen and oxygen atoms in total. The SMILES string of the molecule is COC1(c2ncc(Br)c(Cl)n2)CCCCCC1. The van der Waals surface area contributed by atoms with Crippen LogP contribution in [0.25, 0.3) is 0 Å². The minimum Gasteiger partial charge on any atom is -0.370 e. The van der Waals surface area contributed by atoms with Crippen molar-refractivity contribution in [1.82, 2.24) is 9.97 Å². The Hall–Kier alpha value is -0.190. The normalized spacial score (nSPS) is 19.9. The van der Waals surface area contributed by atoms with Crippen molar-refractivity contribution in [2.45, 2.75) is 44.1 Å². The Bertz CT molecular complexity index is 392. The van der Waals surface area contributed by atoms with Crippen molar-refractivity contribution in [2.75, 3.05) is 7.11 Å². The summed E-state index contributed by atoms with van der Waals surface area (Å²) < 4.78 is 6.47. The Morgan fingerprint density at radius 3 is 2.47 bits per heavy atom. The summed E-state index contributed by atoms with van der Waals surface area (Å²) >= 11 is 9.35. The highest BCUT2D eigenvalue weighted by atomic mass is 79.9. The van der Waals surface area contributed by atoms with Gasteiger partial charge < -0.3 is 4.74 Å². The molecule has 0 bridgehead atoms. The van der Waals surface area contributed by atoms with Crippen LogP contribution in [0.1, 0.15) is 44.3 Å². The van der Waals surface area contributed by atoms with Crippen LogP contribution in [0.3, 0.4) is 0 Å². The van der Waals surface area contributed by atoms with Gasteiger partial charge in [0.25, 0.3) is 0 Å². The fourth-order valence-electron chi connectivity index (χ4n) is 2.38. The summed E-state index contributed by atoms with van der Waals surface area (Å²) in [5.41, 5.74) is -0.346. The van der Waals surface area contributed by atoms with Gasteiger partial charge in [-0.05, 0) is 28.8 Å². The third-order valence-corrected chi connectivity index (χ3v) is 4.51. The summed E-state index contributed by atoms with van der Waals surface area (Å²) in [5.74, 6) is 0.718. The van der Waals surface area contributed by atoms with Gasteiger partial charge in [-0.15, -0.1) is 0 Å². The number of hydrogen-bond acceptors (Lipinski definition) is 3. The molecular formula is C12H16BrClN2O. The second kappa shape index (κ2) is 5.63.